The number of hydrogen-bond donors (Lipinski definition) is 1. The lowest BCUT2D eigenvalue weighted by atomic mass is 10.1. The molecule has 0 radical (unpaired) electrons. The lowest BCUT2D eigenvalue weighted by molar-refractivity contribution is -0.127. The molecule has 1 atom stereocenters. The van der Waals surface area contributed by atoms with Crippen molar-refractivity contribution in [3.63, 3.8) is 0 Å². The summed E-state index contributed by atoms with van der Waals surface area (Å²) in [5.41, 5.74) is 1.51. The molecule has 3 rings (SSSR count). The van der Waals surface area contributed by atoms with E-state index in [2.05, 4.69) is 5.32 Å². The number of hydrogen-bond acceptors (Lipinski definition) is 3. The fourth-order valence-electron chi connectivity index (χ4n) is 2.57. The molecule has 0 aliphatic carbocycles. The van der Waals surface area contributed by atoms with E-state index < -0.39 is 6.10 Å². The summed E-state index contributed by atoms with van der Waals surface area (Å²) in [5.74, 6) is 0.0178. The van der Waals surface area contributed by atoms with Crippen molar-refractivity contribution in [3.8, 4) is 5.75 Å². The first-order valence-corrected chi connectivity index (χ1v) is 8.18. The first-order chi connectivity index (χ1) is 12.1. The lowest BCUT2D eigenvalue weighted by Gasteiger charge is -2.33. The van der Waals surface area contributed by atoms with E-state index in [-0.39, 0.29) is 18.4 Å². The number of carbonyl (C=O) groups excluding carboxylic acids is 2. The maximum absolute atomic E-state index is 12.7. The molecule has 25 heavy (non-hydrogen) atoms. The van der Waals surface area contributed by atoms with E-state index in [0.717, 1.165) is 5.56 Å². The van der Waals surface area contributed by atoms with Crippen LogP contribution >= 0.6 is 11.6 Å². The standard InChI is InChI=1S/C19H17ClN2O3/c1-21-19(24)17-12-22(15-4-2-3-5-16(15)25-17)18(23)11-8-13-6-9-14(20)10-7-13/h2-11,17H,12H2,1H3,(H,21,24)/b11-8-/t17-/m0/s1. The normalized spacial score (nSPS) is 16.2. The second kappa shape index (κ2) is 7.40. The van der Waals surface area contributed by atoms with Crippen LogP contribution in [0.25, 0.3) is 6.08 Å². The number of anilines is 1. The number of ether oxygens (including phenoxy) is 1. The SMILES string of the molecule is CNC(=O)[C@@H]1CN(C(=O)/C=C\c2ccc(Cl)cc2)c2ccccc2O1. The van der Waals surface area contributed by atoms with Crippen LogP contribution in [-0.4, -0.2) is 31.5 Å². The van der Waals surface area contributed by atoms with Gasteiger partial charge in [-0.05, 0) is 35.9 Å². The van der Waals surface area contributed by atoms with Crippen LogP contribution in [0.2, 0.25) is 5.02 Å². The molecule has 0 bridgehead atoms. The van der Waals surface area contributed by atoms with Crippen LogP contribution in [0.15, 0.2) is 54.6 Å². The highest BCUT2D eigenvalue weighted by Gasteiger charge is 2.32. The summed E-state index contributed by atoms with van der Waals surface area (Å²) in [4.78, 5) is 26.2. The molecular weight excluding hydrogens is 340 g/mol. The van der Waals surface area contributed by atoms with Crippen LogP contribution in [0, 0.1) is 0 Å². The first kappa shape index (κ1) is 17.0. The zero-order valence-electron chi connectivity index (χ0n) is 13.6. The molecule has 1 aliphatic heterocycles. The van der Waals surface area contributed by atoms with Gasteiger partial charge in [-0.1, -0.05) is 35.9 Å². The van der Waals surface area contributed by atoms with Crippen molar-refractivity contribution >= 4 is 35.2 Å². The molecule has 6 heteroatoms. The molecule has 2 aromatic rings. The fraction of sp³-hybridized carbons (Fsp3) is 0.158. The van der Waals surface area contributed by atoms with Gasteiger partial charge in [0, 0.05) is 18.1 Å². The van der Waals surface area contributed by atoms with Gasteiger partial charge in [0.25, 0.3) is 11.8 Å². The number of rotatable bonds is 3. The van der Waals surface area contributed by atoms with E-state index in [0.29, 0.717) is 16.5 Å². The van der Waals surface area contributed by atoms with Crippen LogP contribution in [0.1, 0.15) is 5.56 Å². The molecule has 128 valence electrons. The van der Waals surface area contributed by atoms with Crippen LogP contribution in [0.5, 0.6) is 5.75 Å². The van der Waals surface area contributed by atoms with E-state index in [1.54, 1.807) is 48.4 Å². The van der Waals surface area contributed by atoms with E-state index in [1.165, 1.54) is 6.08 Å². The monoisotopic (exact) mass is 356 g/mol. The molecule has 0 fully saturated rings. The van der Waals surface area contributed by atoms with Crippen molar-refractivity contribution in [2.75, 3.05) is 18.5 Å². The highest BCUT2D eigenvalue weighted by Crippen LogP contribution is 2.33. The Morgan fingerprint density at radius 3 is 2.64 bits per heavy atom. The van der Waals surface area contributed by atoms with Crippen molar-refractivity contribution in [1.29, 1.82) is 0 Å². The molecular formula is C19H17ClN2O3. The zero-order valence-corrected chi connectivity index (χ0v) is 14.4. The van der Waals surface area contributed by atoms with Gasteiger partial charge in [0.2, 0.25) is 0 Å². The number of benzene rings is 2. The Bertz CT molecular complexity index is 818. The minimum absolute atomic E-state index is 0.153. The number of fused-ring (bicyclic) bond motifs is 1. The van der Waals surface area contributed by atoms with Crippen molar-refractivity contribution in [3.05, 3.63) is 65.2 Å². The molecule has 0 spiro atoms. The van der Waals surface area contributed by atoms with Crippen LogP contribution in [0.3, 0.4) is 0 Å². The summed E-state index contributed by atoms with van der Waals surface area (Å²) in [6, 6.07) is 14.3. The van der Waals surface area contributed by atoms with Crippen LogP contribution < -0.4 is 15.0 Å². The summed E-state index contributed by atoms with van der Waals surface area (Å²) in [6.45, 7) is 0.153. The Labute approximate surface area is 150 Å². The van der Waals surface area contributed by atoms with Crippen molar-refractivity contribution in [2.45, 2.75) is 6.10 Å². The Morgan fingerprint density at radius 1 is 1.20 bits per heavy atom. The summed E-state index contributed by atoms with van der Waals surface area (Å²) in [6.07, 6.45) is 2.45. The number of carbonyl (C=O) groups is 2. The number of amides is 2. The number of nitrogens with one attached hydrogen (secondary N) is 1. The molecule has 0 aromatic heterocycles. The molecule has 5 nitrogen and oxygen atoms in total. The lowest BCUT2D eigenvalue weighted by Crippen LogP contribution is -2.49. The highest BCUT2D eigenvalue weighted by atomic mass is 35.5. The summed E-state index contributed by atoms with van der Waals surface area (Å²) in [5, 5.41) is 3.19. The average Bonchev–Trinajstić information content (AvgIpc) is 2.65. The van der Waals surface area contributed by atoms with Gasteiger partial charge in [0.05, 0.1) is 12.2 Å². The van der Waals surface area contributed by atoms with E-state index >= 15 is 0 Å². The second-order valence-electron chi connectivity index (χ2n) is 5.52. The molecule has 1 N–H and O–H groups in total. The predicted molar refractivity (Wildman–Crippen MR) is 97.8 cm³/mol. The van der Waals surface area contributed by atoms with Crippen molar-refractivity contribution in [1.82, 2.24) is 5.32 Å². The Hall–Kier alpha value is -2.79. The molecule has 0 saturated heterocycles. The van der Waals surface area contributed by atoms with E-state index in [9.17, 15) is 9.59 Å². The molecule has 2 amide bonds. The molecule has 0 unspecified atom stereocenters. The molecule has 1 heterocycles. The van der Waals surface area contributed by atoms with E-state index in [1.807, 2.05) is 18.2 Å². The van der Waals surface area contributed by atoms with Crippen LogP contribution in [0.4, 0.5) is 5.69 Å². The third-order valence-corrected chi connectivity index (χ3v) is 4.12. The average molecular weight is 357 g/mol. The van der Waals surface area contributed by atoms with Gasteiger partial charge in [-0.25, -0.2) is 0 Å². The Morgan fingerprint density at radius 2 is 1.92 bits per heavy atom. The molecule has 0 saturated carbocycles. The third kappa shape index (κ3) is 3.83. The van der Waals surface area contributed by atoms with Crippen molar-refractivity contribution in [2.24, 2.45) is 0 Å². The van der Waals surface area contributed by atoms with Crippen LogP contribution in [-0.2, 0) is 9.59 Å². The quantitative estimate of drug-likeness (QED) is 0.860. The largest absolute Gasteiger partial charge is 0.477 e. The second-order valence-corrected chi connectivity index (χ2v) is 5.96. The maximum atomic E-state index is 12.7. The zero-order chi connectivity index (χ0) is 17.8. The van der Waals surface area contributed by atoms with Gasteiger partial charge in [0.15, 0.2) is 6.10 Å². The topological polar surface area (TPSA) is 58.6 Å². The molecule has 2 aromatic carbocycles. The predicted octanol–water partition coefficient (Wildman–Crippen LogP) is 2.89. The van der Waals surface area contributed by atoms with Gasteiger partial charge in [-0.2, -0.15) is 0 Å². The number of para-hydroxylation sites is 2. The van der Waals surface area contributed by atoms with Gasteiger partial charge in [-0.15, -0.1) is 0 Å². The van der Waals surface area contributed by atoms with Crippen molar-refractivity contribution < 1.29 is 14.3 Å². The van der Waals surface area contributed by atoms with Gasteiger partial charge < -0.3 is 15.0 Å². The Balaban J connectivity index is 1.84. The fourth-order valence-corrected chi connectivity index (χ4v) is 2.70. The van der Waals surface area contributed by atoms with Gasteiger partial charge >= 0.3 is 0 Å². The summed E-state index contributed by atoms with van der Waals surface area (Å²) < 4.78 is 5.70. The number of halogens is 1. The van der Waals surface area contributed by atoms with Gasteiger partial charge in [0.1, 0.15) is 5.75 Å². The Kier molecular flexibility index (Phi) is 5.05. The maximum Gasteiger partial charge on any atom is 0.262 e. The molecule has 1 aliphatic rings. The van der Waals surface area contributed by atoms with Gasteiger partial charge in [-0.3, -0.25) is 9.59 Å². The third-order valence-electron chi connectivity index (χ3n) is 3.87. The minimum Gasteiger partial charge on any atom is -0.477 e. The van der Waals surface area contributed by atoms with E-state index in [4.69, 9.17) is 16.3 Å². The highest BCUT2D eigenvalue weighted by molar-refractivity contribution is 6.30. The minimum atomic E-state index is -0.743. The number of nitrogens with zero attached hydrogens (tertiary/aromatic N) is 1. The smallest absolute Gasteiger partial charge is 0.262 e. The number of likely N-dealkylation sites (N-methyl/N-ethyl adjacent to an activating group) is 1. The summed E-state index contributed by atoms with van der Waals surface area (Å²) >= 11 is 5.86. The first-order valence-electron chi connectivity index (χ1n) is 7.81. The summed E-state index contributed by atoms with van der Waals surface area (Å²) in [7, 11) is 1.54.